The predicted molar refractivity (Wildman–Crippen MR) is 63.8 cm³/mol. The quantitative estimate of drug-likeness (QED) is 0.767. The standard InChI is InChI=1S/C12H17N3O2/c13-10-9(12(16)17)7-14-11(15-10)8-5-3-1-2-4-6-8/h7-8H,1-6H2,(H,16,17)(H2,13,14,15). The Bertz CT molecular complexity index is 412. The average Bonchev–Trinajstić information content (AvgIpc) is 2.56. The Labute approximate surface area is 100 Å². The van der Waals surface area contributed by atoms with Crippen LogP contribution in [0, 0.1) is 0 Å². The smallest absolute Gasteiger partial charge is 0.341 e. The third-order valence-electron chi connectivity index (χ3n) is 3.29. The fourth-order valence-electron chi connectivity index (χ4n) is 2.31. The Morgan fingerprint density at radius 3 is 2.47 bits per heavy atom. The second-order valence-corrected chi connectivity index (χ2v) is 4.52. The van der Waals surface area contributed by atoms with Crippen LogP contribution in [0.4, 0.5) is 5.82 Å². The van der Waals surface area contributed by atoms with E-state index < -0.39 is 5.97 Å². The molecule has 0 bridgehead atoms. The normalized spacial score (nSPS) is 17.6. The average molecular weight is 235 g/mol. The van der Waals surface area contributed by atoms with Crippen LogP contribution in [0.3, 0.4) is 0 Å². The van der Waals surface area contributed by atoms with Crippen molar-refractivity contribution in [3.8, 4) is 0 Å². The maximum absolute atomic E-state index is 10.8. The number of aromatic nitrogens is 2. The number of nitrogen functional groups attached to an aromatic ring is 1. The lowest BCUT2D eigenvalue weighted by Crippen LogP contribution is -2.11. The molecule has 0 saturated heterocycles. The van der Waals surface area contributed by atoms with Crippen LogP contribution in [-0.2, 0) is 0 Å². The maximum atomic E-state index is 10.8. The molecule has 0 radical (unpaired) electrons. The van der Waals surface area contributed by atoms with E-state index in [9.17, 15) is 4.79 Å². The Morgan fingerprint density at radius 2 is 1.94 bits per heavy atom. The number of aromatic carboxylic acids is 1. The Morgan fingerprint density at radius 1 is 1.29 bits per heavy atom. The molecule has 1 aromatic rings. The van der Waals surface area contributed by atoms with E-state index in [4.69, 9.17) is 10.8 Å². The van der Waals surface area contributed by atoms with Gasteiger partial charge in [-0.15, -0.1) is 0 Å². The van der Waals surface area contributed by atoms with E-state index in [1.54, 1.807) is 0 Å². The summed E-state index contributed by atoms with van der Waals surface area (Å²) in [6, 6.07) is 0. The first-order valence-corrected chi connectivity index (χ1v) is 6.04. The number of carbonyl (C=O) groups is 1. The Kier molecular flexibility index (Phi) is 3.56. The highest BCUT2D eigenvalue weighted by Gasteiger charge is 2.19. The third kappa shape index (κ3) is 2.72. The van der Waals surface area contributed by atoms with Crippen LogP contribution >= 0.6 is 0 Å². The van der Waals surface area contributed by atoms with Crippen molar-refractivity contribution in [2.75, 3.05) is 5.73 Å². The summed E-state index contributed by atoms with van der Waals surface area (Å²) in [5, 5.41) is 8.85. The van der Waals surface area contributed by atoms with E-state index in [1.807, 2.05) is 0 Å². The monoisotopic (exact) mass is 235 g/mol. The zero-order valence-electron chi connectivity index (χ0n) is 9.72. The highest BCUT2D eigenvalue weighted by molar-refractivity contribution is 5.92. The summed E-state index contributed by atoms with van der Waals surface area (Å²) in [5.74, 6) is 0.0405. The van der Waals surface area contributed by atoms with Gasteiger partial charge in [0.1, 0.15) is 17.2 Å². The minimum absolute atomic E-state index is 0.0117. The van der Waals surface area contributed by atoms with Gasteiger partial charge in [0.2, 0.25) is 0 Å². The lowest BCUT2D eigenvalue weighted by Gasteiger charge is -2.12. The van der Waals surface area contributed by atoms with Crippen LogP contribution in [0.15, 0.2) is 6.20 Å². The Balaban J connectivity index is 2.21. The molecule has 17 heavy (non-hydrogen) atoms. The second kappa shape index (κ2) is 5.12. The van der Waals surface area contributed by atoms with E-state index in [2.05, 4.69) is 9.97 Å². The van der Waals surface area contributed by atoms with Crippen molar-refractivity contribution < 1.29 is 9.90 Å². The van der Waals surface area contributed by atoms with Crippen molar-refractivity contribution in [3.63, 3.8) is 0 Å². The summed E-state index contributed by atoms with van der Waals surface area (Å²) in [7, 11) is 0. The van der Waals surface area contributed by atoms with Crippen molar-refractivity contribution in [1.29, 1.82) is 0 Å². The molecule has 1 aliphatic rings. The number of hydrogen-bond donors (Lipinski definition) is 2. The molecule has 0 aliphatic heterocycles. The van der Waals surface area contributed by atoms with Gasteiger partial charge >= 0.3 is 5.97 Å². The minimum Gasteiger partial charge on any atom is -0.477 e. The van der Waals surface area contributed by atoms with Gasteiger partial charge in [0, 0.05) is 12.1 Å². The highest BCUT2D eigenvalue weighted by atomic mass is 16.4. The molecule has 0 amide bonds. The van der Waals surface area contributed by atoms with Gasteiger partial charge in [0.15, 0.2) is 0 Å². The van der Waals surface area contributed by atoms with Crippen LogP contribution in [-0.4, -0.2) is 21.0 Å². The van der Waals surface area contributed by atoms with Gasteiger partial charge in [-0.3, -0.25) is 0 Å². The van der Waals surface area contributed by atoms with Crippen molar-refractivity contribution in [3.05, 3.63) is 17.6 Å². The molecule has 1 aromatic heterocycles. The first-order chi connectivity index (χ1) is 8.18. The molecule has 2 rings (SSSR count). The van der Waals surface area contributed by atoms with Gasteiger partial charge < -0.3 is 10.8 Å². The van der Waals surface area contributed by atoms with E-state index in [0.29, 0.717) is 11.7 Å². The second-order valence-electron chi connectivity index (χ2n) is 4.52. The zero-order valence-corrected chi connectivity index (χ0v) is 9.72. The molecule has 3 N–H and O–H groups in total. The number of carboxylic acid groups (broad SMARTS) is 1. The molecule has 5 heteroatoms. The van der Waals surface area contributed by atoms with Gasteiger partial charge in [-0.2, -0.15) is 0 Å². The summed E-state index contributed by atoms with van der Waals surface area (Å²) < 4.78 is 0. The fourth-order valence-corrected chi connectivity index (χ4v) is 2.31. The molecule has 0 spiro atoms. The van der Waals surface area contributed by atoms with Crippen LogP contribution < -0.4 is 5.73 Å². The summed E-state index contributed by atoms with van der Waals surface area (Å²) in [4.78, 5) is 19.1. The fraction of sp³-hybridized carbons (Fsp3) is 0.583. The summed E-state index contributed by atoms with van der Waals surface area (Å²) in [6.45, 7) is 0. The molecule has 1 heterocycles. The van der Waals surface area contributed by atoms with E-state index >= 15 is 0 Å². The molecular weight excluding hydrogens is 218 g/mol. The summed E-state index contributed by atoms with van der Waals surface area (Å²) in [6.07, 6.45) is 8.38. The van der Waals surface area contributed by atoms with E-state index in [1.165, 1.54) is 31.9 Å². The summed E-state index contributed by atoms with van der Waals surface area (Å²) >= 11 is 0. The molecule has 1 saturated carbocycles. The topological polar surface area (TPSA) is 89.1 Å². The lowest BCUT2D eigenvalue weighted by molar-refractivity contribution is 0.0697. The molecule has 5 nitrogen and oxygen atoms in total. The molecule has 0 unspecified atom stereocenters. The number of anilines is 1. The van der Waals surface area contributed by atoms with Crippen LogP contribution in [0.2, 0.25) is 0 Å². The SMILES string of the molecule is Nc1nc(C2CCCCCC2)ncc1C(=O)O. The summed E-state index contributed by atoms with van der Waals surface area (Å²) in [5.41, 5.74) is 5.62. The lowest BCUT2D eigenvalue weighted by atomic mass is 9.99. The number of rotatable bonds is 2. The van der Waals surface area contributed by atoms with Crippen LogP contribution in [0.25, 0.3) is 0 Å². The first-order valence-electron chi connectivity index (χ1n) is 6.04. The zero-order chi connectivity index (χ0) is 12.3. The van der Waals surface area contributed by atoms with Crippen molar-refractivity contribution in [1.82, 2.24) is 9.97 Å². The number of nitrogens with two attached hydrogens (primary N) is 1. The van der Waals surface area contributed by atoms with Crippen molar-refractivity contribution >= 4 is 11.8 Å². The van der Waals surface area contributed by atoms with Crippen molar-refractivity contribution in [2.24, 2.45) is 0 Å². The molecule has 92 valence electrons. The molecular formula is C12H17N3O2. The van der Waals surface area contributed by atoms with Crippen LogP contribution in [0.5, 0.6) is 0 Å². The largest absolute Gasteiger partial charge is 0.477 e. The number of nitrogens with zero attached hydrogens (tertiary/aromatic N) is 2. The first kappa shape index (κ1) is 11.8. The molecule has 1 aliphatic carbocycles. The van der Waals surface area contributed by atoms with Gasteiger partial charge in [-0.25, -0.2) is 14.8 Å². The number of carboxylic acids is 1. The van der Waals surface area contributed by atoms with Gasteiger partial charge in [-0.05, 0) is 12.8 Å². The van der Waals surface area contributed by atoms with Gasteiger partial charge in [0.05, 0.1) is 0 Å². The minimum atomic E-state index is -1.07. The van der Waals surface area contributed by atoms with Crippen molar-refractivity contribution in [2.45, 2.75) is 44.4 Å². The third-order valence-corrected chi connectivity index (χ3v) is 3.29. The highest BCUT2D eigenvalue weighted by Crippen LogP contribution is 2.30. The van der Waals surface area contributed by atoms with E-state index in [0.717, 1.165) is 12.8 Å². The molecule has 0 atom stereocenters. The van der Waals surface area contributed by atoms with Crippen LogP contribution in [0.1, 0.15) is 60.6 Å². The predicted octanol–water partition coefficient (Wildman–Crippen LogP) is 2.19. The van der Waals surface area contributed by atoms with Gasteiger partial charge in [0.25, 0.3) is 0 Å². The number of hydrogen-bond acceptors (Lipinski definition) is 4. The molecule has 0 aromatic carbocycles. The maximum Gasteiger partial charge on any atom is 0.341 e. The van der Waals surface area contributed by atoms with E-state index in [-0.39, 0.29) is 11.4 Å². The van der Waals surface area contributed by atoms with Gasteiger partial charge in [-0.1, -0.05) is 25.7 Å². The molecule has 1 fully saturated rings. The Hall–Kier alpha value is -1.65.